The Bertz CT molecular complexity index is 824. The van der Waals surface area contributed by atoms with E-state index < -0.39 is 16.0 Å². The number of benzene rings is 1. The lowest BCUT2D eigenvalue weighted by Crippen LogP contribution is -2.15. The number of fused-ring (bicyclic) bond motifs is 1. The van der Waals surface area contributed by atoms with Crippen LogP contribution in [0.3, 0.4) is 0 Å². The first-order valence-corrected chi connectivity index (χ1v) is 8.51. The molecule has 22 heavy (non-hydrogen) atoms. The minimum Gasteiger partial charge on any atom is -0.477 e. The zero-order valence-electron chi connectivity index (χ0n) is 11.8. The Balaban J connectivity index is 1.93. The molecular formula is C15H16N2O4S. The maximum absolute atomic E-state index is 12.4. The molecular weight excluding hydrogens is 304 g/mol. The number of aromatic amines is 1. The van der Waals surface area contributed by atoms with E-state index in [0.29, 0.717) is 5.69 Å². The average molecular weight is 320 g/mol. The Hall–Kier alpha value is -2.28. The molecule has 0 amide bonds. The van der Waals surface area contributed by atoms with Gasteiger partial charge in [0.2, 0.25) is 0 Å². The zero-order valence-corrected chi connectivity index (χ0v) is 12.6. The van der Waals surface area contributed by atoms with Crippen molar-refractivity contribution in [3.8, 4) is 0 Å². The van der Waals surface area contributed by atoms with Gasteiger partial charge in [-0.2, -0.15) is 0 Å². The van der Waals surface area contributed by atoms with Crippen molar-refractivity contribution in [2.75, 3.05) is 4.72 Å². The van der Waals surface area contributed by atoms with Gasteiger partial charge in [0.15, 0.2) is 0 Å². The van der Waals surface area contributed by atoms with Crippen LogP contribution in [0.25, 0.3) is 0 Å². The smallest absolute Gasteiger partial charge is 0.352 e. The molecule has 1 heterocycles. The van der Waals surface area contributed by atoms with Gasteiger partial charge in [-0.3, -0.25) is 4.72 Å². The summed E-state index contributed by atoms with van der Waals surface area (Å²) in [5.74, 6) is -1.20. The summed E-state index contributed by atoms with van der Waals surface area (Å²) >= 11 is 0. The number of H-pyrrole nitrogens is 1. The number of hydrogen-bond donors (Lipinski definition) is 3. The van der Waals surface area contributed by atoms with Gasteiger partial charge in [-0.1, -0.05) is 12.1 Å². The van der Waals surface area contributed by atoms with Crippen LogP contribution in [-0.4, -0.2) is 24.5 Å². The van der Waals surface area contributed by atoms with Crippen molar-refractivity contribution in [2.45, 2.75) is 30.6 Å². The Morgan fingerprint density at radius 3 is 2.73 bits per heavy atom. The number of carboxylic acids is 1. The van der Waals surface area contributed by atoms with Gasteiger partial charge in [-0.25, -0.2) is 13.2 Å². The number of anilines is 1. The standard InChI is InChI=1S/C15H16N2O4S/c18-15(19)14-8-11(9-16-14)22(20,21)17-13-7-3-5-10-4-1-2-6-12(10)13/h3,5,7-9,16-17H,1-2,4,6H2,(H,18,19). The maximum atomic E-state index is 12.4. The molecule has 0 bridgehead atoms. The maximum Gasteiger partial charge on any atom is 0.352 e. The van der Waals surface area contributed by atoms with Gasteiger partial charge in [0.1, 0.15) is 10.6 Å². The first kappa shape index (κ1) is 14.6. The number of aryl methyl sites for hydroxylation is 1. The van der Waals surface area contributed by atoms with Crippen molar-refractivity contribution in [1.29, 1.82) is 0 Å². The van der Waals surface area contributed by atoms with Crippen LogP contribution in [0.1, 0.15) is 34.5 Å². The van der Waals surface area contributed by atoms with Crippen LogP contribution in [0.4, 0.5) is 5.69 Å². The minimum absolute atomic E-state index is 0.0849. The molecule has 0 fully saturated rings. The van der Waals surface area contributed by atoms with E-state index in [2.05, 4.69) is 9.71 Å². The highest BCUT2D eigenvalue weighted by atomic mass is 32.2. The average Bonchev–Trinajstić information content (AvgIpc) is 2.98. The van der Waals surface area contributed by atoms with Gasteiger partial charge in [0.25, 0.3) is 10.0 Å². The second-order valence-corrected chi connectivity index (χ2v) is 6.99. The molecule has 3 rings (SSSR count). The molecule has 1 aliphatic rings. The highest BCUT2D eigenvalue weighted by molar-refractivity contribution is 7.92. The largest absolute Gasteiger partial charge is 0.477 e. The summed E-state index contributed by atoms with van der Waals surface area (Å²) in [6.45, 7) is 0. The molecule has 0 atom stereocenters. The van der Waals surface area contributed by atoms with Gasteiger partial charge in [-0.05, 0) is 48.9 Å². The van der Waals surface area contributed by atoms with Crippen LogP contribution >= 0.6 is 0 Å². The van der Waals surface area contributed by atoms with Crippen molar-refractivity contribution >= 4 is 21.7 Å². The Morgan fingerprint density at radius 1 is 1.23 bits per heavy atom. The van der Waals surface area contributed by atoms with Crippen molar-refractivity contribution in [1.82, 2.24) is 4.98 Å². The lowest BCUT2D eigenvalue weighted by Gasteiger charge is -2.19. The topological polar surface area (TPSA) is 99.3 Å². The molecule has 6 nitrogen and oxygen atoms in total. The van der Waals surface area contributed by atoms with Crippen molar-refractivity contribution < 1.29 is 18.3 Å². The summed E-state index contributed by atoms with van der Waals surface area (Å²) in [4.78, 5) is 13.2. The molecule has 1 aromatic heterocycles. The van der Waals surface area contributed by atoms with E-state index in [1.165, 1.54) is 11.8 Å². The summed E-state index contributed by atoms with van der Waals surface area (Å²) in [6.07, 6.45) is 5.14. The van der Waals surface area contributed by atoms with Crippen LogP contribution in [-0.2, 0) is 22.9 Å². The SMILES string of the molecule is O=C(O)c1cc(S(=O)(=O)Nc2cccc3c2CCCC3)c[nH]1. The van der Waals surface area contributed by atoms with Crippen LogP contribution in [0.5, 0.6) is 0 Å². The van der Waals surface area contributed by atoms with E-state index in [4.69, 9.17) is 5.11 Å². The number of aromatic carboxylic acids is 1. The predicted molar refractivity (Wildman–Crippen MR) is 81.6 cm³/mol. The molecule has 1 aromatic carbocycles. The Kier molecular flexibility index (Phi) is 3.66. The fourth-order valence-corrected chi connectivity index (χ4v) is 3.82. The van der Waals surface area contributed by atoms with Gasteiger partial charge >= 0.3 is 5.97 Å². The molecule has 3 N–H and O–H groups in total. The summed E-state index contributed by atoms with van der Waals surface area (Å²) in [5, 5.41) is 8.87. The fraction of sp³-hybridized carbons (Fsp3) is 0.267. The molecule has 0 unspecified atom stereocenters. The third-order valence-electron chi connectivity index (χ3n) is 3.84. The minimum atomic E-state index is -3.80. The third kappa shape index (κ3) is 2.71. The monoisotopic (exact) mass is 320 g/mol. The van der Waals surface area contributed by atoms with Gasteiger partial charge in [-0.15, -0.1) is 0 Å². The molecule has 0 aliphatic heterocycles. The second-order valence-electron chi connectivity index (χ2n) is 5.31. The number of carboxylic acid groups (broad SMARTS) is 1. The van der Waals surface area contributed by atoms with E-state index in [1.807, 2.05) is 12.1 Å². The molecule has 0 radical (unpaired) electrons. The van der Waals surface area contributed by atoms with Crippen LogP contribution in [0, 0.1) is 0 Å². The number of rotatable bonds is 4. The molecule has 0 spiro atoms. The van der Waals surface area contributed by atoms with Crippen LogP contribution < -0.4 is 4.72 Å². The van der Waals surface area contributed by atoms with Crippen LogP contribution in [0.15, 0.2) is 35.4 Å². The fourth-order valence-electron chi connectivity index (χ4n) is 2.73. The van der Waals surface area contributed by atoms with Gasteiger partial charge in [0, 0.05) is 6.20 Å². The van der Waals surface area contributed by atoms with Gasteiger partial charge in [0.05, 0.1) is 5.69 Å². The Labute approximate surface area is 128 Å². The second kappa shape index (κ2) is 5.49. The number of aromatic nitrogens is 1. The number of carbonyl (C=O) groups is 1. The van der Waals surface area contributed by atoms with E-state index in [-0.39, 0.29) is 10.6 Å². The summed E-state index contributed by atoms with van der Waals surface area (Å²) in [7, 11) is -3.80. The van der Waals surface area contributed by atoms with Crippen molar-refractivity contribution in [3.05, 3.63) is 47.3 Å². The molecule has 1 aliphatic carbocycles. The lowest BCUT2D eigenvalue weighted by molar-refractivity contribution is 0.0691. The first-order valence-electron chi connectivity index (χ1n) is 7.03. The summed E-state index contributed by atoms with van der Waals surface area (Å²) in [5.41, 5.74) is 2.63. The highest BCUT2D eigenvalue weighted by Gasteiger charge is 2.21. The van der Waals surface area contributed by atoms with Crippen LogP contribution in [0.2, 0.25) is 0 Å². The quantitative estimate of drug-likeness (QED) is 0.805. The summed E-state index contributed by atoms with van der Waals surface area (Å²) < 4.78 is 27.4. The predicted octanol–water partition coefficient (Wildman–Crippen LogP) is 2.39. The normalized spacial score (nSPS) is 14.4. The molecule has 7 heteroatoms. The molecule has 2 aromatic rings. The van der Waals surface area contributed by atoms with E-state index in [0.717, 1.165) is 37.3 Å². The van der Waals surface area contributed by atoms with Gasteiger partial charge < -0.3 is 10.1 Å². The van der Waals surface area contributed by atoms with Crippen molar-refractivity contribution in [3.63, 3.8) is 0 Å². The van der Waals surface area contributed by atoms with E-state index in [1.54, 1.807) is 6.07 Å². The molecule has 0 saturated heterocycles. The highest BCUT2D eigenvalue weighted by Crippen LogP contribution is 2.29. The van der Waals surface area contributed by atoms with Crippen molar-refractivity contribution in [2.24, 2.45) is 0 Å². The summed E-state index contributed by atoms with van der Waals surface area (Å²) in [6, 6.07) is 6.71. The number of nitrogens with one attached hydrogen (secondary N) is 2. The molecule has 116 valence electrons. The number of sulfonamides is 1. The zero-order chi connectivity index (χ0) is 15.7. The first-order chi connectivity index (χ1) is 10.5. The Morgan fingerprint density at radius 2 is 2.00 bits per heavy atom. The number of hydrogen-bond acceptors (Lipinski definition) is 3. The van der Waals surface area contributed by atoms with E-state index in [9.17, 15) is 13.2 Å². The molecule has 0 saturated carbocycles. The lowest BCUT2D eigenvalue weighted by atomic mass is 9.91. The van der Waals surface area contributed by atoms with E-state index >= 15 is 0 Å². The third-order valence-corrected chi connectivity index (χ3v) is 5.18.